The largest absolute Gasteiger partial charge is 0.329 e. The van der Waals surface area contributed by atoms with Crippen LogP contribution in [0.15, 0.2) is 0 Å². The summed E-state index contributed by atoms with van der Waals surface area (Å²) in [6.07, 6.45) is 6.31. The molecule has 2 nitrogen and oxygen atoms in total. The number of hydrogen-bond donors (Lipinski definition) is 2. The van der Waals surface area contributed by atoms with Gasteiger partial charge in [-0.25, -0.2) is 0 Å². The van der Waals surface area contributed by atoms with E-state index in [1.807, 2.05) is 0 Å². The Bertz CT molecular complexity index is 113. The second kappa shape index (κ2) is 3.55. The zero-order valence-corrected chi connectivity index (χ0v) is 7.47. The van der Waals surface area contributed by atoms with Crippen LogP contribution in [0.1, 0.15) is 39.0 Å². The van der Waals surface area contributed by atoms with Crippen molar-refractivity contribution in [2.45, 2.75) is 44.6 Å². The molecule has 1 rings (SSSR count). The first-order chi connectivity index (χ1) is 5.23. The van der Waals surface area contributed by atoms with Crippen molar-refractivity contribution in [2.24, 2.45) is 17.4 Å². The van der Waals surface area contributed by atoms with Gasteiger partial charge in [-0.2, -0.15) is 0 Å². The summed E-state index contributed by atoms with van der Waals surface area (Å²) in [5.41, 5.74) is 11.8. The molecule has 1 unspecified atom stereocenters. The lowest BCUT2D eigenvalue weighted by Crippen LogP contribution is -2.51. The van der Waals surface area contributed by atoms with Crippen LogP contribution in [-0.4, -0.2) is 12.1 Å². The van der Waals surface area contributed by atoms with E-state index in [1.54, 1.807) is 0 Å². The molecule has 0 spiro atoms. The molecule has 0 aromatic rings. The molecule has 1 aliphatic carbocycles. The molecule has 1 saturated carbocycles. The summed E-state index contributed by atoms with van der Waals surface area (Å²) in [4.78, 5) is 0. The fourth-order valence-corrected chi connectivity index (χ4v) is 2.10. The maximum Gasteiger partial charge on any atom is 0.0304 e. The van der Waals surface area contributed by atoms with E-state index in [2.05, 4.69) is 6.92 Å². The summed E-state index contributed by atoms with van der Waals surface area (Å²) >= 11 is 0. The van der Waals surface area contributed by atoms with E-state index in [-0.39, 0.29) is 5.54 Å². The third-order valence-corrected chi connectivity index (χ3v) is 3.21. The topological polar surface area (TPSA) is 52.0 Å². The zero-order chi connectivity index (χ0) is 8.32. The van der Waals surface area contributed by atoms with Crippen molar-refractivity contribution in [3.63, 3.8) is 0 Å². The normalized spacial score (nSPS) is 25.4. The average Bonchev–Trinajstić information content (AvgIpc) is 2.55. The highest BCUT2D eigenvalue weighted by Crippen LogP contribution is 2.33. The van der Waals surface area contributed by atoms with E-state index in [4.69, 9.17) is 11.5 Å². The van der Waals surface area contributed by atoms with Gasteiger partial charge < -0.3 is 11.5 Å². The molecule has 0 aliphatic heterocycles. The van der Waals surface area contributed by atoms with Gasteiger partial charge in [0.25, 0.3) is 0 Å². The Kier molecular flexibility index (Phi) is 2.90. The Morgan fingerprint density at radius 2 is 1.91 bits per heavy atom. The van der Waals surface area contributed by atoms with Crippen molar-refractivity contribution >= 4 is 0 Å². The van der Waals surface area contributed by atoms with Crippen LogP contribution < -0.4 is 11.5 Å². The van der Waals surface area contributed by atoms with Gasteiger partial charge in [0, 0.05) is 12.1 Å². The van der Waals surface area contributed by atoms with Gasteiger partial charge in [0.1, 0.15) is 0 Å². The number of nitrogens with two attached hydrogens (primary N) is 2. The Morgan fingerprint density at radius 1 is 1.36 bits per heavy atom. The van der Waals surface area contributed by atoms with E-state index in [9.17, 15) is 0 Å². The van der Waals surface area contributed by atoms with Crippen LogP contribution in [0, 0.1) is 5.92 Å². The molecule has 0 amide bonds. The second-order valence-electron chi connectivity index (χ2n) is 3.77. The minimum atomic E-state index is -0.0590. The zero-order valence-electron chi connectivity index (χ0n) is 7.47. The van der Waals surface area contributed by atoms with Crippen molar-refractivity contribution in [2.75, 3.05) is 6.54 Å². The van der Waals surface area contributed by atoms with Gasteiger partial charge in [-0.05, 0) is 25.2 Å². The predicted molar refractivity (Wildman–Crippen MR) is 48.2 cm³/mol. The Balaban J connectivity index is 2.52. The highest BCUT2D eigenvalue weighted by Gasteiger charge is 2.33. The molecular weight excluding hydrogens is 136 g/mol. The van der Waals surface area contributed by atoms with Crippen LogP contribution in [0.2, 0.25) is 0 Å². The molecule has 1 aliphatic rings. The first kappa shape index (κ1) is 9.01. The third-order valence-electron chi connectivity index (χ3n) is 3.21. The molecular formula is C9H20N2. The van der Waals surface area contributed by atoms with Gasteiger partial charge in [-0.3, -0.25) is 0 Å². The van der Waals surface area contributed by atoms with Gasteiger partial charge in [0.15, 0.2) is 0 Å². The maximum atomic E-state index is 6.18. The van der Waals surface area contributed by atoms with Gasteiger partial charge in [0.2, 0.25) is 0 Å². The minimum absolute atomic E-state index is 0.0590. The van der Waals surface area contributed by atoms with Crippen LogP contribution >= 0.6 is 0 Å². The monoisotopic (exact) mass is 156 g/mol. The molecule has 1 fully saturated rings. The standard InChI is InChI=1S/C9H20N2/c1-2-9(11,7-10)8-5-3-4-6-8/h8H,2-7,10-11H2,1H3. The SMILES string of the molecule is CCC(N)(CN)C1CCCC1. The molecule has 2 heteroatoms. The Labute approximate surface area is 69.3 Å². The van der Waals surface area contributed by atoms with E-state index in [0.29, 0.717) is 12.5 Å². The van der Waals surface area contributed by atoms with Gasteiger partial charge in [-0.1, -0.05) is 19.8 Å². The van der Waals surface area contributed by atoms with E-state index < -0.39 is 0 Å². The fourth-order valence-electron chi connectivity index (χ4n) is 2.10. The number of hydrogen-bond acceptors (Lipinski definition) is 2. The van der Waals surface area contributed by atoms with Crippen LogP contribution in [0.5, 0.6) is 0 Å². The van der Waals surface area contributed by atoms with E-state index in [1.165, 1.54) is 25.7 Å². The first-order valence-corrected chi connectivity index (χ1v) is 4.72. The second-order valence-corrected chi connectivity index (χ2v) is 3.77. The first-order valence-electron chi connectivity index (χ1n) is 4.72. The molecule has 0 heterocycles. The van der Waals surface area contributed by atoms with Crippen LogP contribution in [0.25, 0.3) is 0 Å². The summed E-state index contributed by atoms with van der Waals surface area (Å²) in [5.74, 6) is 0.692. The van der Waals surface area contributed by atoms with Crippen molar-refractivity contribution in [3.05, 3.63) is 0 Å². The average molecular weight is 156 g/mol. The van der Waals surface area contributed by atoms with Crippen molar-refractivity contribution in [3.8, 4) is 0 Å². The minimum Gasteiger partial charge on any atom is -0.329 e. The molecule has 0 aromatic carbocycles. The molecule has 0 saturated heterocycles. The molecule has 11 heavy (non-hydrogen) atoms. The van der Waals surface area contributed by atoms with Crippen LogP contribution in [0.3, 0.4) is 0 Å². The quantitative estimate of drug-likeness (QED) is 0.646. The summed E-state index contributed by atoms with van der Waals surface area (Å²) in [6, 6.07) is 0. The third kappa shape index (κ3) is 1.74. The molecule has 1 atom stereocenters. The molecule has 4 N–H and O–H groups in total. The molecule has 0 bridgehead atoms. The van der Waals surface area contributed by atoms with Crippen molar-refractivity contribution < 1.29 is 0 Å². The van der Waals surface area contributed by atoms with E-state index in [0.717, 1.165) is 6.42 Å². The van der Waals surface area contributed by atoms with Gasteiger partial charge in [-0.15, -0.1) is 0 Å². The smallest absolute Gasteiger partial charge is 0.0304 e. The molecule has 0 aromatic heterocycles. The van der Waals surface area contributed by atoms with Crippen LogP contribution in [-0.2, 0) is 0 Å². The lowest BCUT2D eigenvalue weighted by Gasteiger charge is -2.33. The molecule has 0 radical (unpaired) electrons. The highest BCUT2D eigenvalue weighted by molar-refractivity contribution is 4.93. The Morgan fingerprint density at radius 3 is 2.27 bits per heavy atom. The highest BCUT2D eigenvalue weighted by atomic mass is 14.8. The number of rotatable bonds is 3. The van der Waals surface area contributed by atoms with Crippen molar-refractivity contribution in [1.29, 1.82) is 0 Å². The summed E-state index contributed by atoms with van der Waals surface area (Å²) in [5, 5.41) is 0. The van der Waals surface area contributed by atoms with Gasteiger partial charge in [0.05, 0.1) is 0 Å². The Hall–Kier alpha value is -0.0800. The van der Waals surface area contributed by atoms with Crippen molar-refractivity contribution in [1.82, 2.24) is 0 Å². The molecule has 66 valence electrons. The fraction of sp³-hybridized carbons (Fsp3) is 1.00. The summed E-state index contributed by atoms with van der Waals surface area (Å²) in [7, 11) is 0. The maximum absolute atomic E-state index is 6.18. The van der Waals surface area contributed by atoms with E-state index >= 15 is 0 Å². The predicted octanol–water partition coefficient (Wildman–Crippen LogP) is 1.24. The van der Waals surface area contributed by atoms with Crippen LogP contribution in [0.4, 0.5) is 0 Å². The summed E-state index contributed by atoms with van der Waals surface area (Å²) in [6.45, 7) is 2.79. The lowest BCUT2D eigenvalue weighted by atomic mass is 9.81. The summed E-state index contributed by atoms with van der Waals surface area (Å²) < 4.78 is 0. The lowest BCUT2D eigenvalue weighted by molar-refractivity contribution is 0.272. The van der Waals surface area contributed by atoms with Gasteiger partial charge >= 0.3 is 0 Å².